The summed E-state index contributed by atoms with van der Waals surface area (Å²) in [4.78, 5) is 26.9. The minimum atomic E-state index is -0.453. The fraction of sp³-hybridized carbons (Fsp3) is 0.0769. The van der Waals surface area contributed by atoms with Gasteiger partial charge in [0.15, 0.2) is 0 Å². The molecule has 0 radical (unpaired) electrons. The average molecular weight is 452 g/mol. The standard InChI is InChI=1S/C26H20N4O4/c1-34-21-13-7-17(8-14-21)15-23-25(19-5-3-2-4-6-19)26-27-22(16-24(31)29(26)28-23)18-9-11-20(12-10-18)30(32)33/h2-14,16,27H,15H2,1H3. The largest absolute Gasteiger partial charge is 0.497 e. The van der Waals surface area contributed by atoms with E-state index in [1.807, 2.05) is 54.6 Å². The molecule has 0 spiro atoms. The van der Waals surface area contributed by atoms with Crippen LogP contribution in [0.15, 0.2) is 89.7 Å². The third-order valence-corrected chi connectivity index (χ3v) is 5.67. The molecule has 0 saturated heterocycles. The third kappa shape index (κ3) is 3.93. The second kappa shape index (κ2) is 8.67. The highest BCUT2D eigenvalue weighted by Gasteiger charge is 2.18. The molecule has 2 heterocycles. The molecule has 0 fully saturated rings. The van der Waals surface area contributed by atoms with Crippen molar-refractivity contribution in [2.24, 2.45) is 0 Å². The highest BCUT2D eigenvalue weighted by Crippen LogP contribution is 2.30. The zero-order valence-corrected chi connectivity index (χ0v) is 18.3. The van der Waals surface area contributed by atoms with Gasteiger partial charge in [0.25, 0.3) is 11.2 Å². The summed E-state index contributed by atoms with van der Waals surface area (Å²) in [7, 11) is 1.62. The summed E-state index contributed by atoms with van der Waals surface area (Å²) in [5.41, 5.74) is 5.03. The molecule has 3 aromatic carbocycles. The van der Waals surface area contributed by atoms with Crippen LogP contribution in [0.1, 0.15) is 11.3 Å². The van der Waals surface area contributed by atoms with Crippen molar-refractivity contribution < 1.29 is 9.66 Å². The molecule has 0 bridgehead atoms. The Morgan fingerprint density at radius 2 is 1.68 bits per heavy atom. The number of H-pyrrole nitrogens is 1. The molecular formula is C26H20N4O4. The first-order valence-corrected chi connectivity index (χ1v) is 10.6. The van der Waals surface area contributed by atoms with Gasteiger partial charge in [-0.1, -0.05) is 42.5 Å². The Morgan fingerprint density at radius 3 is 2.32 bits per heavy atom. The minimum Gasteiger partial charge on any atom is -0.497 e. The Balaban J connectivity index is 1.67. The summed E-state index contributed by atoms with van der Waals surface area (Å²) in [6.45, 7) is 0. The van der Waals surface area contributed by atoms with E-state index in [2.05, 4.69) is 10.1 Å². The molecule has 5 aromatic rings. The van der Waals surface area contributed by atoms with Crippen LogP contribution in [0.5, 0.6) is 5.75 Å². The van der Waals surface area contributed by atoms with E-state index < -0.39 is 4.92 Å². The number of hydrogen-bond donors (Lipinski definition) is 1. The molecule has 0 amide bonds. The smallest absolute Gasteiger partial charge is 0.274 e. The fourth-order valence-electron chi connectivity index (χ4n) is 3.97. The van der Waals surface area contributed by atoms with Crippen molar-refractivity contribution >= 4 is 11.3 Å². The van der Waals surface area contributed by atoms with E-state index in [-0.39, 0.29) is 11.2 Å². The van der Waals surface area contributed by atoms with Crippen molar-refractivity contribution in [3.05, 3.63) is 117 Å². The van der Waals surface area contributed by atoms with Gasteiger partial charge in [-0.3, -0.25) is 14.9 Å². The van der Waals surface area contributed by atoms with Gasteiger partial charge < -0.3 is 9.72 Å². The van der Waals surface area contributed by atoms with Gasteiger partial charge in [-0.15, -0.1) is 0 Å². The molecule has 0 aliphatic heterocycles. The number of methoxy groups -OCH3 is 1. The quantitative estimate of drug-likeness (QED) is 0.293. The number of fused-ring (bicyclic) bond motifs is 1. The third-order valence-electron chi connectivity index (χ3n) is 5.67. The van der Waals surface area contributed by atoms with Crippen LogP contribution >= 0.6 is 0 Å². The molecule has 0 atom stereocenters. The maximum atomic E-state index is 13.0. The van der Waals surface area contributed by atoms with Crippen LogP contribution in [0.2, 0.25) is 0 Å². The highest BCUT2D eigenvalue weighted by molar-refractivity contribution is 5.81. The second-order valence-electron chi connectivity index (χ2n) is 7.80. The Morgan fingerprint density at radius 1 is 0.971 bits per heavy atom. The summed E-state index contributed by atoms with van der Waals surface area (Å²) < 4.78 is 6.62. The SMILES string of the molecule is COc1ccc(Cc2nn3c(=O)cc(-c4ccc([N+](=O)[O-])cc4)[nH]c3c2-c2ccccc2)cc1. The first-order valence-electron chi connectivity index (χ1n) is 10.6. The molecule has 168 valence electrons. The summed E-state index contributed by atoms with van der Waals surface area (Å²) in [5, 5.41) is 15.6. The van der Waals surface area contributed by atoms with Crippen molar-refractivity contribution in [3.8, 4) is 28.1 Å². The lowest BCUT2D eigenvalue weighted by molar-refractivity contribution is -0.384. The molecule has 0 saturated carbocycles. The minimum absolute atomic E-state index is 0.0109. The maximum absolute atomic E-state index is 13.0. The Hall–Kier alpha value is -4.72. The number of nitro benzene ring substituents is 1. The Kier molecular flexibility index (Phi) is 5.39. The topological polar surface area (TPSA) is 103 Å². The Labute approximate surface area is 194 Å². The van der Waals surface area contributed by atoms with E-state index >= 15 is 0 Å². The summed E-state index contributed by atoms with van der Waals surface area (Å²) in [6, 6.07) is 25.0. The van der Waals surface area contributed by atoms with E-state index in [1.54, 1.807) is 19.2 Å². The predicted octanol–water partition coefficient (Wildman–Crippen LogP) is 4.86. The Bertz CT molecular complexity index is 1540. The lowest BCUT2D eigenvalue weighted by Crippen LogP contribution is -2.14. The van der Waals surface area contributed by atoms with Gasteiger partial charge in [-0.05, 0) is 41.0 Å². The second-order valence-corrected chi connectivity index (χ2v) is 7.80. The van der Waals surface area contributed by atoms with E-state index in [0.29, 0.717) is 23.3 Å². The van der Waals surface area contributed by atoms with Gasteiger partial charge in [0.1, 0.15) is 11.4 Å². The van der Waals surface area contributed by atoms with Crippen LogP contribution in [0.3, 0.4) is 0 Å². The van der Waals surface area contributed by atoms with Crippen molar-refractivity contribution in [1.29, 1.82) is 0 Å². The van der Waals surface area contributed by atoms with Crippen LogP contribution < -0.4 is 10.3 Å². The van der Waals surface area contributed by atoms with Crippen molar-refractivity contribution in [2.75, 3.05) is 7.11 Å². The van der Waals surface area contributed by atoms with E-state index in [0.717, 1.165) is 28.1 Å². The van der Waals surface area contributed by atoms with Crippen LogP contribution in [-0.2, 0) is 6.42 Å². The molecule has 2 aromatic heterocycles. The molecular weight excluding hydrogens is 432 g/mol. The number of aromatic nitrogens is 3. The number of non-ortho nitro benzene ring substituents is 1. The number of nitro groups is 1. The first-order chi connectivity index (χ1) is 16.5. The van der Waals surface area contributed by atoms with Crippen molar-refractivity contribution in [2.45, 2.75) is 6.42 Å². The van der Waals surface area contributed by atoms with Gasteiger partial charge >= 0.3 is 0 Å². The van der Waals surface area contributed by atoms with Crippen LogP contribution in [0, 0.1) is 10.1 Å². The number of hydrogen-bond acceptors (Lipinski definition) is 5. The number of rotatable bonds is 6. The molecule has 8 nitrogen and oxygen atoms in total. The van der Waals surface area contributed by atoms with Gasteiger partial charge in [-0.2, -0.15) is 9.61 Å². The summed E-state index contributed by atoms with van der Waals surface area (Å²) >= 11 is 0. The van der Waals surface area contributed by atoms with Crippen LogP contribution in [0.25, 0.3) is 28.0 Å². The van der Waals surface area contributed by atoms with Crippen LogP contribution in [0.4, 0.5) is 5.69 Å². The fourth-order valence-corrected chi connectivity index (χ4v) is 3.97. The molecule has 1 N–H and O–H groups in total. The zero-order chi connectivity index (χ0) is 23.7. The average Bonchev–Trinajstić information content (AvgIpc) is 3.23. The molecule has 8 heteroatoms. The number of nitrogens with zero attached hydrogens (tertiary/aromatic N) is 3. The summed E-state index contributed by atoms with van der Waals surface area (Å²) in [6.07, 6.45) is 0.524. The van der Waals surface area contributed by atoms with Gasteiger partial charge in [-0.25, -0.2) is 0 Å². The monoisotopic (exact) mass is 452 g/mol. The molecule has 0 aliphatic rings. The maximum Gasteiger partial charge on any atom is 0.274 e. The van der Waals surface area contributed by atoms with E-state index in [9.17, 15) is 14.9 Å². The normalized spacial score (nSPS) is 11.0. The first kappa shape index (κ1) is 21.1. The molecule has 5 rings (SSSR count). The lowest BCUT2D eigenvalue weighted by Gasteiger charge is -2.06. The highest BCUT2D eigenvalue weighted by atomic mass is 16.6. The van der Waals surface area contributed by atoms with Gasteiger partial charge in [0.05, 0.1) is 23.4 Å². The van der Waals surface area contributed by atoms with Gasteiger partial charge in [0, 0.05) is 30.2 Å². The lowest BCUT2D eigenvalue weighted by atomic mass is 10.0. The molecule has 34 heavy (non-hydrogen) atoms. The number of aromatic amines is 1. The number of ether oxygens (including phenoxy) is 1. The van der Waals surface area contributed by atoms with Crippen molar-refractivity contribution in [3.63, 3.8) is 0 Å². The molecule has 0 unspecified atom stereocenters. The van der Waals surface area contributed by atoms with E-state index in [4.69, 9.17) is 4.74 Å². The number of nitrogens with one attached hydrogen (secondary N) is 1. The van der Waals surface area contributed by atoms with Gasteiger partial charge in [0.2, 0.25) is 0 Å². The molecule has 0 aliphatic carbocycles. The van der Waals surface area contributed by atoms with Crippen LogP contribution in [-0.4, -0.2) is 26.6 Å². The summed E-state index contributed by atoms with van der Waals surface area (Å²) in [5.74, 6) is 0.768. The predicted molar refractivity (Wildman–Crippen MR) is 129 cm³/mol. The van der Waals surface area contributed by atoms with Crippen molar-refractivity contribution in [1.82, 2.24) is 14.6 Å². The zero-order valence-electron chi connectivity index (χ0n) is 18.3. The number of benzene rings is 3. The van der Waals surface area contributed by atoms with E-state index in [1.165, 1.54) is 22.7 Å².